The van der Waals surface area contributed by atoms with E-state index in [9.17, 15) is 4.79 Å². The Morgan fingerprint density at radius 1 is 1.76 bits per heavy atom. The van der Waals surface area contributed by atoms with Gasteiger partial charge >= 0.3 is 0 Å². The number of hydrogen-bond acceptors (Lipinski definition) is 4. The molecule has 1 fully saturated rings. The maximum absolute atomic E-state index is 11.0. The summed E-state index contributed by atoms with van der Waals surface area (Å²) in [5.74, 6) is -0.0257. The molecule has 0 spiro atoms. The SMILES string of the molecule is CC(=O)N[C@@H]1CCN(c2cc(Cl)n[nH]c2=N)C1. The predicted molar refractivity (Wildman–Crippen MR) is 63.9 cm³/mol. The molecular formula is C10H14ClN5O. The van der Waals surface area contributed by atoms with Crippen LogP contribution in [0.5, 0.6) is 0 Å². The fraction of sp³-hybridized carbons (Fsp3) is 0.500. The summed E-state index contributed by atoms with van der Waals surface area (Å²) in [5, 5.41) is 17.2. The van der Waals surface area contributed by atoms with Crippen molar-refractivity contribution in [3.63, 3.8) is 0 Å². The lowest BCUT2D eigenvalue weighted by molar-refractivity contribution is -0.119. The number of amides is 1. The first-order valence-electron chi connectivity index (χ1n) is 5.38. The van der Waals surface area contributed by atoms with Crippen LogP contribution in [-0.4, -0.2) is 35.2 Å². The van der Waals surface area contributed by atoms with E-state index in [1.165, 1.54) is 6.92 Å². The molecule has 0 bridgehead atoms. The second kappa shape index (κ2) is 4.75. The summed E-state index contributed by atoms with van der Waals surface area (Å²) >= 11 is 5.79. The van der Waals surface area contributed by atoms with Crippen molar-refractivity contribution >= 4 is 23.2 Å². The van der Waals surface area contributed by atoms with Gasteiger partial charge < -0.3 is 10.2 Å². The average Bonchev–Trinajstić information content (AvgIpc) is 2.69. The topological polar surface area (TPSA) is 84.9 Å². The molecule has 0 aromatic carbocycles. The number of rotatable bonds is 2. The van der Waals surface area contributed by atoms with Crippen LogP contribution in [0.2, 0.25) is 5.15 Å². The smallest absolute Gasteiger partial charge is 0.217 e. The van der Waals surface area contributed by atoms with Gasteiger partial charge in [0.2, 0.25) is 5.91 Å². The lowest BCUT2D eigenvalue weighted by Gasteiger charge is -2.18. The standard InChI is InChI=1S/C10H14ClN5O/c1-6(17)13-7-2-3-16(5-7)8-4-9(11)14-15-10(8)12/h4,7H,2-3,5H2,1H3,(H2,12,15)(H,13,17)/t7-/m1/s1. The van der Waals surface area contributed by atoms with E-state index in [4.69, 9.17) is 17.0 Å². The van der Waals surface area contributed by atoms with E-state index < -0.39 is 0 Å². The van der Waals surface area contributed by atoms with Crippen LogP contribution in [0.1, 0.15) is 13.3 Å². The number of H-pyrrole nitrogens is 1. The van der Waals surface area contributed by atoms with Gasteiger partial charge in [0.05, 0.1) is 5.69 Å². The lowest BCUT2D eigenvalue weighted by atomic mass is 10.2. The van der Waals surface area contributed by atoms with Crippen LogP contribution >= 0.6 is 11.6 Å². The molecule has 1 aromatic heterocycles. The second-order valence-electron chi connectivity index (χ2n) is 4.08. The Labute approximate surface area is 103 Å². The van der Waals surface area contributed by atoms with Gasteiger partial charge in [-0.2, -0.15) is 5.10 Å². The Morgan fingerprint density at radius 2 is 2.53 bits per heavy atom. The van der Waals surface area contributed by atoms with Crippen LogP contribution in [0.3, 0.4) is 0 Å². The molecule has 1 aliphatic rings. The molecule has 1 amide bonds. The van der Waals surface area contributed by atoms with Gasteiger partial charge in [-0.3, -0.25) is 15.3 Å². The largest absolute Gasteiger partial charge is 0.366 e. The highest BCUT2D eigenvalue weighted by Gasteiger charge is 2.24. The van der Waals surface area contributed by atoms with E-state index in [-0.39, 0.29) is 17.4 Å². The normalized spacial score (nSPS) is 19.4. The molecule has 2 rings (SSSR count). The summed E-state index contributed by atoms with van der Waals surface area (Å²) in [5.41, 5.74) is 0.954. The van der Waals surface area contributed by atoms with Gasteiger partial charge in [0.25, 0.3) is 0 Å². The molecule has 0 radical (unpaired) electrons. The molecule has 0 unspecified atom stereocenters. The Morgan fingerprint density at radius 3 is 3.24 bits per heavy atom. The van der Waals surface area contributed by atoms with Gasteiger partial charge in [-0.1, -0.05) is 11.6 Å². The molecule has 0 aliphatic carbocycles. The summed E-state index contributed by atoms with van der Waals surface area (Å²) in [6.07, 6.45) is 0.874. The number of nitrogens with zero attached hydrogens (tertiary/aromatic N) is 2. The van der Waals surface area contributed by atoms with Gasteiger partial charge in [0, 0.05) is 32.1 Å². The highest BCUT2D eigenvalue weighted by atomic mass is 35.5. The molecule has 7 heteroatoms. The first-order chi connectivity index (χ1) is 8.06. The number of aromatic nitrogens is 2. The van der Waals surface area contributed by atoms with Crippen LogP contribution in [0.25, 0.3) is 0 Å². The quantitative estimate of drug-likeness (QED) is 0.709. The maximum Gasteiger partial charge on any atom is 0.217 e. The number of hydrogen-bond donors (Lipinski definition) is 3. The van der Waals surface area contributed by atoms with Crippen molar-refractivity contribution in [2.24, 2.45) is 0 Å². The number of nitrogens with one attached hydrogen (secondary N) is 3. The van der Waals surface area contributed by atoms with Gasteiger partial charge in [-0.15, -0.1) is 0 Å². The summed E-state index contributed by atoms with van der Waals surface area (Å²) in [6, 6.07) is 1.80. The fourth-order valence-corrected chi connectivity index (χ4v) is 2.16. The highest BCUT2D eigenvalue weighted by Crippen LogP contribution is 2.18. The van der Waals surface area contributed by atoms with Gasteiger partial charge in [-0.05, 0) is 6.42 Å². The van der Waals surface area contributed by atoms with Crippen molar-refractivity contribution < 1.29 is 4.79 Å². The van der Waals surface area contributed by atoms with E-state index in [1.807, 2.05) is 4.90 Å². The highest BCUT2D eigenvalue weighted by molar-refractivity contribution is 6.29. The van der Waals surface area contributed by atoms with Gasteiger partial charge in [0.1, 0.15) is 0 Å². The zero-order valence-corrected chi connectivity index (χ0v) is 10.2. The molecule has 6 nitrogen and oxygen atoms in total. The molecule has 1 saturated heterocycles. The zero-order valence-electron chi connectivity index (χ0n) is 9.46. The van der Waals surface area contributed by atoms with Crippen molar-refractivity contribution in [1.29, 1.82) is 5.41 Å². The molecule has 17 heavy (non-hydrogen) atoms. The minimum atomic E-state index is -0.0257. The average molecular weight is 256 g/mol. The molecule has 1 aromatic rings. The first kappa shape index (κ1) is 11.9. The summed E-state index contributed by atoms with van der Waals surface area (Å²) in [7, 11) is 0. The Hall–Kier alpha value is -1.56. The van der Waals surface area contributed by atoms with Gasteiger partial charge in [-0.25, -0.2) is 0 Å². The van der Waals surface area contributed by atoms with Crippen molar-refractivity contribution in [2.45, 2.75) is 19.4 Å². The maximum atomic E-state index is 11.0. The Bertz CT molecular complexity index is 486. The van der Waals surface area contributed by atoms with E-state index in [1.54, 1.807) is 6.07 Å². The summed E-state index contributed by atoms with van der Waals surface area (Å²) < 4.78 is 0. The number of aromatic amines is 1. The summed E-state index contributed by atoms with van der Waals surface area (Å²) in [6.45, 7) is 3.00. The van der Waals surface area contributed by atoms with Crippen LogP contribution in [0, 0.1) is 5.41 Å². The van der Waals surface area contributed by atoms with Crippen molar-refractivity contribution in [3.8, 4) is 0 Å². The number of carbonyl (C=O) groups is 1. The minimum Gasteiger partial charge on any atom is -0.366 e. The van der Waals surface area contributed by atoms with Crippen molar-refractivity contribution in [1.82, 2.24) is 15.5 Å². The number of halogens is 1. The molecule has 1 atom stereocenters. The lowest BCUT2D eigenvalue weighted by Crippen LogP contribution is -2.36. The molecule has 0 saturated carbocycles. The molecule has 2 heterocycles. The van der Waals surface area contributed by atoms with Crippen LogP contribution < -0.4 is 15.7 Å². The Kier molecular flexibility index (Phi) is 3.33. The van der Waals surface area contributed by atoms with Crippen molar-refractivity contribution in [2.75, 3.05) is 18.0 Å². The number of anilines is 1. The van der Waals surface area contributed by atoms with E-state index in [0.717, 1.165) is 18.7 Å². The van der Waals surface area contributed by atoms with Crippen LogP contribution in [0.4, 0.5) is 5.69 Å². The first-order valence-corrected chi connectivity index (χ1v) is 5.76. The third-order valence-electron chi connectivity index (χ3n) is 2.72. The fourth-order valence-electron chi connectivity index (χ4n) is 2.02. The number of carbonyl (C=O) groups excluding carboxylic acids is 1. The van der Waals surface area contributed by atoms with E-state index >= 15 is 0 Å². The van der Waals surface area contributed by atoms with Crippen molar-refractivity contribution in [3.05, 3.63) is 16.7 Å². The van der Waals surface area contributed by atoms with Crippen LogP contribution in [-0.2, 0) is 4.79 Å². The minimum absolute atomic E-state index is 0.0257. The van der Waals surface area contributed by atoms with E-state index in [0.29, 0.717) is 11.7 Å². The second-order valence-corrected chi connectivity index (χ2v) is 4.47. The predicted octanol–water partition coefficient (Wildman–Crippen LogP) is 0.257. The molecular weight excluding hydrogens is 242 g/mol. The van der Waals surface area contributed by atoms with Gasteiger partial charge in [0.15, 0.2) is 10.6 Å². The molecule has 92 valence electrons. The zero-order chi connectivity index (χ0) is 12.4. The summed E-state index contributed by atoms with van der Waals surface area (Å²) in [4.78, 5) is 13.0. The van der Waals surface area contributed by atoms with Crippen LogP contribution in [0.15, 0.2) is 6.07 Å². The van der Waals surface area contributed by atoms with E-state index in [2.05, 4.69) is 15.5 Å². The molecule has 3 N–H and O–H groups in total. The third kappa shape index (κ3) is 2.76. The monoisotopic (exact) mass is 255 g/mol. The third-order valence-corrected chi connectivity index (χ3v) is 2.92. The molecule has 1 aliphatic heterocycles. The Balaban J connectivity index is 2.12.